The first-order chi connectivity index (χ1) is 16.9. The van der Waals surface area contributed by atoms with E-state index in [1.165, 1.54) is 0 Å². The zero-order valence-electron chi connectivity index (χ0n) is 21.6. The molecule has 2 aromatic carbocycles. The number of carbonyl (C=O) groups excluding carboxylic acids is 2. The third-order valence-corrected chi connectivity index (χ3v) is 6.54. The fraction of sp³-hybridized carbons (Fsp3) is 0.517. The SMILES string of the molecule is CCOc1ccc(CCC(=O)N(Cc2cccc(C)c2)C(C)C(=O)NC2CCCC2)cc1OCC. The van der Waals surface area contributed by atoms with Gasteiger partial charge in [-0.25, -0.2) is 0 Å². The number of aryl methyl sites for hydroxylation is 2. The van der Waals surface area contributed by atoms with E-state index < -0.39 is 6.04 Å². The van der Waals surface area contributed by atoms with Crippen molar-refractivity contribution in [3.63, 3.8) is 0 Å². The van der Waals surface area contributed by atoms with Gasteiger partial charge in [0.2, 0.25) is 11.8 Å². The maximum Gasteiger partial charge on any atom is 0.242 e. The van der Waals surface area contributed by atoms with Gasteiger partial charge >= 0.3 is 0 Å². The van der Waals surface area contributed by atoms with Crippen LogP contribution in [0, 0.1) is 6.92 Å². The number of ether oxygens (including phenoxy) is 2. The van der Waals surface area contributed by atoms with Crippen molar-refractivity contribution in [2.24, 2.45) is 0 Å². The lowest BCUT2D eigenvalue weighted by Gasteiger charge is -2.30. The van der Waals surface area contributed by atoms with E-state index in [0.717, 1.165) is 42.4 Å². The topological polar surface area (TPSA) is 67.9 Å². The van der Waals surface area contributed by atoms with E-state index in [9.17, 15) is 9.59 Å². The summed E-state index contributed by atoms with van der Waals surface area (Å²) in [4.78, 5) is 28.2. The molecule has 6 heteroatoms. The third-order valence-electron chi connectivity index (χ3n) is 6.54. The van der Waals surface area contributed by atoms with Crippen molar-refractivity contribution in [3.05, 3.63) is 59.2 Å². The molecule has 3 rings (SSSR count). The zero-order valence-corrected chi connectivity index (χ0v) is 21.6. The molecule has 1 atom stereocenters. The summed E-state index contributed by atoms with van der Waals surface area (Å²) in [7, 11) is 0. The van der Waals surface area contributed by atoms with Gasteiger partial charge in [0.15, 0.2) is 11.5 Å². The van der Waals surface area contributed by atoms with Crippen LogP contribution in [0.1, 0.15) is 69.6 Å². The molecule has 0 bridgehead atoms. The fourth-order valence-electron chi connectivity index (χ4n) is 4.63. The number of amides is 2. The standard InChI is InChI=1S/C29H40N2O4/c1-5-34-26-16-14-23(19-27(26)35-6-2)15-17-28(32)31(20-24-11-9-10-21(3)18-24)22(4)29(33)30-25-12-7-8-13-25/h9-11,14,16,18-19,22,25H,5-8,12-13,15,17,20H2,1-4H3,(H,30,33). The average Bonchev–Trinajstić information content (AvgIpc) is 3.35. The Bertz CT molecular complexity index is 984. The Morgan fingerprint density at radius 2 is 1.71 bits per heavy atom. The summed E-state index contributed by atoms with van der Waals surface area (Å²) in [6.07, 6.45) is 5.21. The van der Waals surface area contributed by atoms with Crippen molar-refractivity contribution < 1.29 is 19.1 Å². The van der Waals surface area contributed by atoms with Crippen LogP contribution in [0.5, 0.6) is 11.5 Å². The van der Waals surface area contributed by atoms with Gasteiger partial charge in [-0.3, -0.25) is 9.59 Å². The largest absolute Gasteiger partial charge is 0.490 e. The third kappa shape index (κ3) is 7.74. The zero-order chi connectivity index (χ0) is 25.2. The Balaban J connectivity index is 1.72. The summed E-state index contributed by atoms with van der Waals surface area (Å²) in [5, 5.41) is 3.16. The van der Waals surface area contributed by atoms with Crippen LogP contribution in [0.25, 0.3) is 0 Å². The molecule has 0 aliphatic heterocycles. The molecular formula is C29H40N2O4. The first kappa shape index (κ1) is 26.6. The molecule has 1 fully saturated rings. The molecule has 1 aliphatic rings. The Kier molecular flexibility index (Phi) is 10.0. The van der Waals surface area contributed by atoms with E-state index in [1.54, 1.807) is 4.90 Å². The number of hydrogen-bond acceptors (Lipinski definition) is 4. The lowest BCUT2D eigenvalue weighted by Crippen LogP contribution is -2.49. The summed E-state index contributed by atoms with van der Waals surface area (Å²) in [6.45, 7) is 9.26. The molecule has 0 radical (unpaired) electrons. The number of nitrogens with one attached hydrogen (secondary N) is 1. The van der Waals surface area contributed by atoms with Crippen LogP contribution in [-0.4, -0.2) is 42.0 Å². The molecule has 1 saturated carbocycles. The van der Waals surface area contributed by atoms with Crippen LogP contribution in [0.3, 0.4) is 0 Å². The highest BCUT2D eigenvalue weighted by Crippen LogP contribution is 2.29. The van der Waals surface area contributed by atoms with Gasteiger partial charge in [0, 0.05) is 19.0 Å². The van der Waals surface area contributed by atoms with Crippen molar-refractivity contribution in [2.75, 3.05) is 13.2 Å². The summed E-state index contributed by atoms with van der Waals surface area (Å²) < 4.78 is 11.4. The molecule has 2 aromatic rings. The van der Waals surface area contributed by atoms with Gasteiger partial charge in [0.25, 0.3) is 0 Å². The second-order valence-electron chi connectivity index (χ2n) is 9.32. The highest BCUT2D eigenvalue weighted by molar-refractivity contribution is 5.87. The first-order valence-corrected chi connectivity index (χ1v) is 12.9. The summed E-state index contributed by atoms with van der Waals surface area (Å²) in [6, 6.07) is 13.6. The van der Waals surface area contributed by atoms with Crippen LogP contribution in [0.2, 0.25) is 0 Å². The van der Waals surface area contributed by atoms with Gasteiger partial charge in [0.05, 0.1) is 13.2 Å². The predicted octanol–water partition coefficient (Wildman–Crippen LogP) is 5.20. The molecule has 190 valence electrons. The van der Waals surface area contributed by atoms with Crippen molar-refractivity contribution in [2.45, 2.75) is 84.8 Å². The van der Waals surface area contributed by atoms with Crippen LogP contribution in [-0.2, 0) is 22.6 Å². The molecule has 1 aliphatic carbocycles. The van der Waals surface area contributed by atoms with Crippen LogP contribution < -0.4 is 14.8 Å². The highest BCUT2D eigenvalue weighted by atomic mass is 16.5. The number of nitrogens with zero attached hydrogens (tertiary/aromatic N) is 1. The van der Waals surface area contributed by atoms with Crippen molar-refractivity contribution in [1.82, 2.24) is 10.2 Å². The van der Waals surface area contributed by atoms with E-state index in [1.807, 2.05) is 64.1 Å². The lowest BCUT2D eigenvalue weighted by molar-refractivity contribution is -0.140. The van der Waals surface area contributed by atoms with Gasteiger partial charge in [-0.15, -0.1) is 0 Å². The Morgan fingerprint density at radius 1 is 1.00 bits per heavy atom. The number of carbonyl (C=O) groups is 2. The summed E-state index contributed by atoms with van der Waals surface area (Å²) in [5.41, 5.74) is 3.16. The Morgan fingerprint density at radius 3 is 2.40 bits per heavy atom. The molecule has 0 aromatic heterocycles. The fourth-order valence-corrected chi connectivity index (χ4v) is 4.63. The molecule has 1 N–H and O–H groups in total. The van der Waals surface area contributed by atoms with Crippen molar-refractivity contribution in [3.8, 4) is 11.5 Å². The molecule has 6 nitrogen and oxygen atoms in total. The lowest BCUT2D eigenvalue weighted by atomic mass is 10.1. The van der Waals surface area contributed by atoms with Gasteiger partial charge in [-0.1, -0.05) is 48.7 Å². The molecule has 35 heavy (non-hydrogen) atoms. The van der Waals surface area contributed by atoms with Gasteiger partial charge in [-0.2, -0.15) is 0 Å². The first-order valence-electron chi connectivity index (χ1n) is 12.9. The maximum atomic E-state index is 13.5. The van der Waals surface area contributed by atoms with E-state index >= 15 is 0 Å². The minimum absolute atomic E-state index is 0.0348. The second-order valence-corrected chi connectivity index (χ2v) is 9.32. The van der Waals surface area contributed by atoms with E-state index in [-0.39, 0.29) is 17.9 Å². The van der Waals surface area contributed by atoms with Crippen LogP contribution in [0.15, 0.2) is 42.5 Å². The number of hydrogen-bond donors (Lipinski definition) is 1. The van der Waals surface area contributed by atoms with E-state index in [2.05, 4.69) is 11.4 Å². The Hall–Kier alpha value is -3.02. The summed E-state index contributed by atoms with van der Waals surface area (Å²) in [5.74, 6) is 1.30. The molecule has 0 saturated heterocycles. The molecule has 2 amide bonds. The van der Waals surface area contributed by atoms with Crippen molar-refractivity contribution >= 4 is 11.8 Å². The molecule has 0 spiro atoms. The maximum absolute atomic E-state index is 13.5. The number of benzene rings is 2. The van der Waals surface area contributed by atoms with Crippen LogP contribution in [0.4, 0.5) is 0 Å². The molecular weight excluding hydrogens is 440 g/mol. The minimum Gasteiger partial charge on any atom is -0.490 e. The smallest absolute Gasteiger partial charge is 0.242 e. The van der Waals surface area contributed by atoms with E-state index in [4.69, 9.17) is 9.47 Å². The van der Waals surface area contributed by atoms with Crippen LogP contribution >= 0.6 is 0 Å². The van der Waals surface area contributed by atoms with Gasteiger partial charge in [0.1, 0.15) is 6.04 Å². The normalized spacial score (nSPS) is 14.4. The quantitative estimate of drug-likeness (QED) is 0.453. The highest BCUT2D eigenvalue weighted by Gasteiger charge is 2.28. The van der Waals surface area contributed by atoms with Crippen molar-refractivity contribution in [1.29, 1.82) is 0 Å². The monoisotopic (exact) mass is 480 g/mol. The van der Waals surface area contributed by atoms with Gasteiger partial charge in [-0.05, 0) is 70.2 Å². The minimum atomic E-state index is -0.539. The Labute approximate surface area is 210 Å². The predicted molar refractivity (Wildman–Crippen MR) is 139 cm³/mol. The number of rotatable bonds is 12. The average molecular weight is 481 g/mol. The van der Waals surface area contributed by atoms with Gasteiger partial charge < -0.3 is 19.7 Å². The van der Waals surface area contributed by atoms with E-state index in [0.29, 0.717) is 44.1 Å². The molecule has 0 heterocycles. The summed E-state index contributed by atoms with van der Waals surface area (Å²) >= 11 is 0. The molecule has 1 unspecified atom stereocenters. The second kappa shape index (κ2) is 13.2.